The fourth-order valence-electron chi connectivity index (χ4n) is 1.33. The van der Waals surface area contributed by atoms with E-state index in [2.05, 4.69) is 5.32 Å². The Morgan fingerprint density at radius 1 is 1.50 bits per heavy atom. The Morgan fingerprint density at radius 3 is 2.88 bits per heavy atom. The summed E-state index contributed by atoms with van der Waals surface area (Å²) >= 11 is 1.32. The molecule has 0 saturated carbocycles. The van der Waals surface area contributed by atoms with Gasteiger partial charge in [-0.2, -0.15) is 5.26 Å². The molecule has 1 aromatic carbocycles. The van der Waals surface area contributed by atoms with Gasteiger partial charge in [0, 0.05) is 5.69 Å². The predicted molar refractivity (Wildman–Crippen MR) is 67.5 cm³/mol. The number of thioether (sulfide) groups is 1. The third-order valence-corrected chi connectivity index (χ3v) is 2.86. The van der Waals surface area contributed by atoms with Gasteiger partial charge in [0.2, 0.25) is 5.91 Å². The fraction of sp³-hybridized carbons (Fsp3) is 0.333. The number of hydrogen-bond donors (Lipinski definition) is 1. The molecule has 16 heavy (non-hydrogen) atoms. The Labute approximate surface area is 99.8 Å². The number of nitrogens with one attached hydrogen (secondary N) is 1. The average Bonchev–Trinajstić information content (AvgIpc) is 2.23. The highest BCUT2D eigenvalue weighted by atomic mass is 32.2. The molecule has 1 rings (SSSR count). The highest BCUT2D eigenvalue weighted by Crippen LogP contribution is 2.16. The number of carbonyl (C=O) groups excluding carboxylic acids is 1. The predicted octanol–water partition coefficient (Wildman–Crippen LogP) is 2.50. The van der Waals surface area contributed by atoms with Crippen molar-refractivity contribution in [3.05, 3.63) is 29.3 Å². The van der Waals surface area contributed by atoms with Crippen LogP contribution in [0.1, 0.15) is 11.1 Å². The Kier molecular flexibility index (Phi) is 4.87. The van der Waals surface area contributed by atoms with Gasteiger partial charge in [0.1, 0.15) is 0 Å². The normalized spacial score (nSPS) is 9.56. The number of nitrogens with zero attached hydrogens (tertiary/aromatic N) is 1. The third-order valence-electron chi connectivity index (χ3n) is 2.06. The molecule has 0 spiro atoms. The molecule has 0 aromatic heterocycles. The summed E-state index contributed by atoms with van der Waals surface area (Å²) in [4.78, 5) is 11.5. The topological polar surface area (TPSA) is 52.9 Å². The first kappa shape index (κ1) is 12.6. The summed E-state index contributed by atoms with van der Waals surface area (Å²) in [5.41, 5.74) is 3.07. The summed E-state index contributed by atoms with van der Waals surface area (Å²) in [5, 5.41) is 11.2. The summed E-state index contributed by atoms with van der Waals surface area (Å²) < 4.78 is 0. The Hall–Kier alpha value is -1.47. The quantitative estimate of drug-likeness (QED) is 0.814. The molecule has 0 heterocycles. The van der Waals surface area contributed by atoms with E-state index in [4.69, 9.17) is 5.26 Å². The van der Waals surface area contributed by atoms with Crippen LogP contribution in [-0.4, -0.2) is 17.4 Å². The first-order valence-corrected chi connectivity index (χ1v) is 6.10. The third kappa shape index (κ3) is 3.95. The maximum atomic E-state index is 11.5. The van der Waals surface area contributed by atoms with Gasteiger partial charge in [0.05, 0.1) is 17.6 Å². The van der Waals surface area contributed by atoms with E-state index in [1.54, 1.807) is 0 Å². The lowest BCUT2D eigenvalue weighted by atomic mass is 10.1. The summed E-state index contributed by atoms with van der Waals surface area (Å²) in [7, 11) is 0. The number of rotatable bonds is 4. The minimum absolute atomic E-state index is 0.0628. The summed E-state index contributed by atoms with van der Waals surface area (Å²) in [6, 6.07) is 7.88. The van der Waals surface area contributed by atoms with Gasteiger partial charge in [-0.05, 0) is 25.5 Å². The first-order chi connectivity index (χ1) is 7.63. The van der Waals surface area contributed by atoms with Crippen molar-refractivity contribution < 1.29 is 4.79 Å². The van der Waals surface area contributed by atoms with Gasteiger partial charge in [-0.3, -0.25) is 4.79 Å². The van der Waals surface area contributed by atoms with E-state index in [1.807, 2.05) is 38.1 Å². The van der Waals surface area contributed by atoms with Crippen molar-refractivity contribution in [1.82, 2.24) is 0 Å². The highest BCUT2D eigenvalue weighted by molar-refractivity contribution is 8.00. The summed E-state index contributed by atoms with van der Waals surface area (Å²) in [6.07, 6.45) is 0. The zero-order valence-corrected chi connectivity index (χ0v) is 10.2. The van der Waals surface area contributed by atoms with E-state index < -0.39 is 0 Å². The number of benzene rings is 1. The fourth-order valence-corrected chi connectivity index (χ4v) is 1.78. The zero-order chi connectivity index (χ0) is 12.0. The van der Waals surface area contributed by atoms with Crippen LogP contribution in [0, 0.1) is 25.2 Å². The van der Waals surface area contributed by atoms with E-state index in [0.717, 1.165) is 11.3 Å². The van der Waals surface area contributed by atoms with Gasteiger partial charge in [-0.25, -0.2) is 0 Å². The van der Waals surface area contributed by atoms with Crippen LogP contribution in [0.15, 0.2) is 18.2 Å². The lowest BCUT2D eigenvalue weighted by molar-refractivity contribution is -0.113. The van der Waals surface area contributed by atoms with Crippen molar-refractivity contribution >= 4 is 23.4 Å². The molecule has 1 N–H and O–H groups in total. The number of nitriles is 1. The molecule has 0 unspecified atom stereocenters. The van der Waals surface area contributed by atoms with Crippen LogP contribution >= 0.6 is 11.8 Å². The van der Waals surface area contributed by atoms with Crippen LogP contribution in [0.2, 0.25) is 0 Å². The van der Waals surface area contributed by atoms with Crippen LogP contribution in [0.25, 0.3) is 0 Å². The van der Waals surface area contributed by atoms with E-state index in [-0.39, 0.29) is 5.91 Å². The second-order valence-electron chi connectivity index (χ2n) is 3.52. The number of aryl methyl sites for hydroxylation is 2. The van der Waals surface area contributed by atoms with Gasteiger partial charge >= 0.3 is 0 Å². The van der Waals surface area contributed by atoms with Crippen molar-refractivity contribution in [1.29, 1.82) is 5.26 Å². The van der Waals surface area contributed by atoms with E-state index in [0.29, 0.717) is 11.5 Å². The van der Waals surface area contributed by atoms with Crippen LogP contribution in [-0.2, 0) is 4.79 Å². The smallest absolute Gasteiger partial charge is 0.234 e. The van der Waals surface area contributed by atoms with E-state index in [9.17, 15) is 4.79 Å². The van der Waals surface area contributed by atoms with Gasteiger partial charge < -0.3 is 5.32 Å². The Balaban J connectivity index is 2.53. The van der Waals surface area contributed by atoms with E-state index in [1.165, 1.54) is 17.3 Å². The summed E-state index contributed by atoms with van der Waals surface area (Å²) in [5.74, 6) is 0.605. The van der Waals surface area contributed by atoms with Crippen molar-refractivity contribution in [2.75, 3.05) is 16.8 Å². The van der Waals surface area contributed by atoms with Crippen molar-refractivity contribution in [3.8, 4) is 6.07 Å². The maximum Gasteiger partial charge on any atom is 0.234 e. The molecule has 3 nitrogen and oxygen atoms in total. The second kappa shape index (κ2) is 6.19. The van der Waals surface area contributed by atoms with Crippen LogP contribution < -0.4 is 5.32 Å². The first-order valence-electron chi connectivity index (χ1n) is 4.95. The molecule has 0 radical (unpaired) electrons. The molecule has 0 fully saturated rings. The molecule has 0 atom stereocenters. The van der Waals surface area contributed by atoms with Crippen molar-refractivity contribution in [3.63, 3.8) is 0 Å². The van der Waals surface area contributed by atoms with E-state index >= 15 is 0 Å². The Morgan fingerprint density at radius 2 is 2.25 bits per heavy atom. The number of hydrogen-bond acceptors (Lipinski definition) is 3. The molecule has 84 valence electrons. The maximum absolute atomic E-state index is 11.5. The summed E-state index contributed by atoms with van der Waals surface area (Å²) in [6.45, 7) is 3.98. The number of anilines is 1. The molecule has 0 aliphatic heterocycles. The highest BCUT2D eigenvalue weighted by Gasteiger charge is 2.04. The molecule has 0 bridgehead atoms. The molecule has 1 amide bonds. The molecule has 0 aliphatic rings. The molecular formula is C12H14N2OS. The van der Waals surface area contributed by atoms with Crippen LogP contribution in [0.4, 0.5) is 5.69 Å². The molecule has 0 saturated heterocycles. The Bertz CT molecular complexity index is 424. The van der Waals surface area contributed by atoms with Crippen LogP contribution in [0.3, 0.4) is 0 Å². The lowest BCUT2D eigenvalue weighted by Gasteiger charge is -2.08. The number of amides is 1. The largest absolute Gasteiger partial charge is 0.325 e. The minimum atomic E-state index is -0.0628. The average molecular weight is 234 g/mol. The molecule has 0 aliphatic carbocycles. The van der Waals surface area contributed by atoms with Gasteiger partial charge in [-0.1, -0.05) is 17.7 Å². The minimum Gasteiger partial charge on any atom is -0.325 e. The SMILES string of the molecule is Cc1ccc(NC(=O)CSCC#N)c(C)c1. The van der Waals surface area contributed by atoms with Crippen molar-refractivity contribution in [2.45, 2.75) is 13.8 Å². The van der Waals surface area contributed by atoms with Crippen molar-refractivity contribution in [2.24, 2.45) is 0 Å². The standard InChI is InChI=1S/C12H14N2OS/c1-9-3-4-11(10(2)7-9)14-12(15)8-16-6-5-13/h3-4,7H,6,8H2,1-2H3,(H,14,15). The second-order valence-corrected chi connectivity index (χ2v) is 4.50. The van der Waals surface area contributed by atoms with Crippen LogP contribution in [0.5, 0.6) is 0 Å². The van der Waals surface area contributed by atoms with Gasteiger partial charge in [0.15, 0.2) is 0 Å². The van der Waals surface area contributed by atoms with Gasteiger partial charge in [0.25, 0.3) is 0 Å². The lowest BCUT2D eigenvalue weighted by Crippen LogP contribution is -2.15. The van der Waals surface area contributed by atoms with Gasteiger partial charge in [-0.15, -0.1) is 11.8 Å². The molecule has 1 aromatic rings. The number of carbonyl (C=O) groups is 1. The molecule has 4 heteroatoms. The zero-order valence-electron chi connectivity index (χ0n) is 9.41. The molecular weight excluding hydrogens is 220 g/mol. The monoisotopic (exact) mass is 234 g/mol.